The molecule has 129 heavy (non-hydrogen) atoms. The third-order valence-electron chi connectivity index (χ3n) is 23.4. The molecule has 0 aliphatic carbocycles. The molecule has 10 fully saturated rings. The molecule has 32 N–H and O–H groups in total. The molecular weight excluding hydrogens is 1770 g/mol. The summed E-state index contributed by atoms with van der Waals surface area (Å²) in [5.74, 6) is -4.00. The van der Waals surface area contributed by atoms with Crippen molar-refractivity contribution in [1.29, 1.82) is 0 Å². The average molecular weight is 1890 g/mol. The highest BCUT2D eigenvalue weighted by molar-refractivity contribution is 5.74. The fourth-order valence-electron chi connectivity index (χ4n) is 16.5. The number of amides is 5. The quantitative estimate of drug-likeness (QED) is 0.0257. The summed E-state index contributed by atoms with van der Waals surface area (Å²) in [4.78, 5) is 64.3. The van der Waals surface area contributed by atoms with E-state index >= 15 is 0 Å². The smallest absolute Gasteiger partial charge is 0.217 e. The van der Waals surface area contributed by atoms with Crippen LogP contribution in [0, 0.1) is 0 Å². The normalized spacial score (nSPS) is 47.8. The van der Waals surface area contributed by atoms with Gasteiger partial charge in [-0.3, -0.25) is 24.0 Å². The third kappa shape index (κ3) is 24.2. The molecule has 10 heterocycles. The second kappa shape index (κ2) is 47.5. The van der Waals surface area contributed by atoms with Gasteiger partial charge in [-0.1, -0.05) is 0 Å². The summed E-state index contributed by atoms with van der Waals surface area (Å²) >= 11 is 0. The highest BCUT2D eigenvalue weighted by Crippen LogP contribution is 2.42. The van der Waals surface area contributed by atoms with Gasteiger partial charge in [0.2, 0.25) is 30.0 Å². The van der Waals surface area contributed by atoms with Crippen molar-refractivity contribution >= 4 is 30.0 Å². The number of carbonyl (C=O) groups is 5. The Bertz CT molecular complexity index is 3480. The van der Waals surface area contributed by atoms with Crippen LogP contribution < -0.4 is 26.6 Å². The van der Waals surface area contributed by atoms with Gasteiger partial charge >= 0.3 is 0 Å². The molecule has 0 aromatic rings. The van der Waals surface area contributed by atoms with Crippen LogP contribution in [0.4, 0.5) is 0 Å². The van der Waals surface area contributed by atoms with Gasteiger partial charge in [0, 0.05) is 27.7 Å². The maximum atomic E-state index is 13.6. The Kier molecular flexibility index (Phi) is 39.2. The van der Waals surface area contributed by atoms with Crippen LogP contribution in [0.1, 0.15) is 34.6 Å². The minimum Gasteiger partial charge on any atom is -0.394 e. The lowest BCUT2D eigenvalue weighted by Gasteiger charge is -2.52. The largest absolute Gasteiger partial charge is 0.394 e. The minimum absolute atomic E-state index is 0.232. The van der Waals surface area contributed by atoms with E-state index in [2.05, 4.69) is 26.6 Å². The van der Waals surface area contributed by atoms with Crippen molar-refractivity contribution < 1.29 is 257 Å². The summed E-state index contributed by atoms with van der Waals surface area (Å²) in [5, 5.41) is 315. The summed E-state index contributed by atoms with van der Waals surface area (Å²) < 4.78 is 120. The maximum absolute atomic E-state index is 13.6. The van der Waals surface area contributed by atoms with E-state index < -0.39 is 409 Å². The number of nitrogens with one attached hydrogen (secondary N) is 5. The predicted molar refractivity (Wildman–Crippen MR) is 398 cm³/mol. The highest BCUT2D eigenvalue weighted by atomic mass is 16.8. The molecule has 57 nitrogen and oxygen atoms in total. The van der Waals surface area contributed by atoms with Crippen molar-refractivity contribution in [3.8, 4) is 0 Å². The second-order valence-corrected chi connectivity index (χ2v) is 32.4. The van der Waals surface area contributed by atoms with Gasteiger partial charge in [0.1, 0.15) is 238 Å². The van der Waals surface area contributed by atoms with Crippen molar-refractivity contribution in [3.05, 3.63) is 0 Å². The third-order valence-corrected chi connectivity index (χ3v) is 23.4. The van der Waals surface area contributed by atoms with Gasteiger partial charge in [-0.2, -0.15) is 0 Å². The summed E-state index contributed by atoms with van der Waals surface area (Å²) in [6.07, 6.45) is -97.4. The summed E-state index contributed by atoms with van der Waals surface area (Å²) in [7, 11) is 0. The van der Waals surface area contributed by atoms with Crippen LogP contribution in [0.25, 0.3) is 0 Å². The average Bonchev–Trinajstić information content (AvgIpc) is 0.764. The van der Waals surface area contributed by atoms with E-state index in [1.165, 1.54) is 6.92 Å². The lowest BCUT2D eigenvalue weighted by molar-refractivity contribution is -0.398. The molecule has 57 heteroatoms. The molecule has 0 saturated carbocycles. The molecule has 0 spiro atoms. The fraction of sp³-hybridized carbons (Fsp3) is 0.931. The molecule has 0 aromatic carbocycles. The van der Waals surface area contributed by atoms with Crippen molar-refractivity contribution in [3.63, 3.8) is 0 Å². The van der Waals surface area contributed by atoms with Gasteiger partial charge in [-0.25, -0.2) is 0 Å². The molecule has 5 amide bonds. The molecule has 0 bridgehead atoms. The number of aliphatic hydroxyl groups is 27. The molecule has 10 saturated heterocycles. The Balaban J connectivity index is 1.01. The monoisotopic (exact) mass is 1890 g/mol. The Morgan fingerprint density at radius 1 is 0.271 bits per heavy atom. The van der Waals surface area contributed by atoms with Crippen LogP contribution in [0.2, 0.25) is 0 Å². The number of hydrogen-bond acceptors (Lipinski definition) is 52. The molecule has 0 aromatic heterocycles. The van der Waals surface area contributed by atoms with Crippen molar-refractivity contribution in [2.24, 2.45) is 0 Å². The van der Waals surface area contributed by atoms with Gasteiger partial charge in [0.15, 0.2) is 62.9 Å². The SMILES string of the molecule is CC(=O)N[C@H]1[C@@H](O[C@H]2[C@@H](O)[C@@H](CO)O[C@@H](O[C@H]3[C@H](O)[C@@H](CO)O[C@@H](OC[C@H]4O[C@@H](O[C@H]5[C@H](O)[C@@H](CO)O[C@@H](O[C@H]6[C@@H](O)[C@@H](CO)O[C@@H](O[C@H]7[C@H](O)[C@@H](O)[C@H](OC[C@@H](CO)NC=O)O[C@@H]7CO)[C@@H]6O)[C@@H]5NC(C)=O)[C@H](O)[C@@H](O[C@@H]5O[C@H](CO)[C@@H](O)[C@H](O[C@@H]6O[C@H](CO)[C@H](O)[C@H](O)[C@H]6O)[C@H]5NC(C)=O)[C@H]4O)[C@@H]3NC(C)=O)[C@@H]2O[C@@H]2O[C@@H](C)[C@@H](O)[C@@H](O)[C@@H]2O)O[C@H](CO)[C@H](O)[C@@H]1O. The van der Waals surface area contributed by atoms with E-state index in [-0.39, 0.29) is 6.41 Å². The zero-order valence-corrected chi connectivity index (χ0v) is 69.6. The first-order chi connectivity index (χ1) is 61.2. The van der Waals surface area contributed by atoms with Crippen LogP contribution in [0.15, 0.2) is 0 Å². The van der Waals surface area contributed by atoms with Crippen molar-refractivity contribution in [2.75, 3.05) is 72.7 Å². The number of carbonyl (C=O) groups excluding carboxylic acids is 5. The Labute approximate surface area is 731 Å². The van der Waals surface area contributed by atoms with Gasteiger partial charge in [0.25, 0.3) is 0 Å². The number of hydrogen-bond donors (Lipinski definition) is 32. The number of aliphatic hydroxyl groups excluding tert-OH is 27. The lowest BCUT2D eigenvalue weighted by Crippen LogP contribution is -2.71. The molecule has 746 valence electrons. The standard InChI is InChI=1S/C72H121N5O52/c1-18-37(92)47(102)50(105)68(112-18)129-62-61(128-64-33(74-19(2)88)46(101)38(93)24(7-79)114-64)44(99)30(13-85)119-72(62)125-56-34(75-20(3)89)63(113-26(9-81)40(56)95)111-16-32-45(100)60(127-66-35(76-21(4)90)57(41(96)27(10-82)116-66)123-69-51(106)48(103)39(94)25(8-80)117-69)54(109)71(121-32)124-58-36(77-22(5)91)65(115-28(11-83)42(58)97)126-59-43(98)29(12-84)118-70(53(59)108)122-55-31(14-86)120-67(52(107)49(55)104)110-15-23(6-78)73-17-87/h17-18,23-72,78-86,92-109H,6-16H2,1-5H3,(H,73,87)(H,74,88)(H,75,89)(H,76,90)(H,77,91)/t18-,23+,24+,25+,26+,27+,28+,29+,30+,31+,32+,33+,34+,35+,36+,37+,38-,39-,40+,41+,42+,43-,44-,45-,46+,47+,48-,49+,50-,51+,52+,53+,54+,55+,56+,57+,58+,59-,60-,61-,62+,63+,64+,65-,66-,67+,68-,69-,70-,71-,72-/m0/s1. The van der Waals surface area contributed by atoms with Gasteiger partial charge in [-0.05, 0) is 6.92 Å². The van der Waals surface area contributed by atoms with E-state index in [4.69, 9.17) is 94.7 Å². The molecule has 10 rings (SSSR count). The zero-order valence-electron chi connectivity index (χ0n) is 69.6. The van der Waals surface area contributed by atoms with Crippen molar-refractivity contribution in [1.82, 2.24) is 26.6 Å². The van der Waals surface area contributed by atoms with Crippen LogP contribution in [0.5, 0.6) is 0 Å². The second-order valence-electron chi connectivity index (χ2n) is 32.4. The predicted octanol–water partition coefficient (Wildman–Crippen LogP) is -22.1. The molecule has 10 aliphatic heterocycles. The summed E-state index contributed by atoms with van der Waals surface area (Å²) in [6, 6.07) is -9.08. The summed E-state index contributed by atoms with van der Waals surface area (Å²) in [5.41, 5.74) is 0. The highest BCUT2D eigenvalue weighted by Gasteiger charge is 2.63. The van der Waals surface area contributed by atoms with E-state index in [0.717, 1.165) is 27.7 Å². The minimum atomic E-state index is -2.64. The Hall–Kier alpha value is -4.53. The van der Waals surface area contributed by atoms with Gasteiger partial charge in [-0.15, -0.1) is 0 Å². The van der Waals surface area contributed by atoms with E-state index in [9.17, 15) is 162 Å². The van der Waals surface area contributed by atoms with Crippen LogP contribution in [-0.4, -0.2) is 553 Å². The van der Waals surface area contributed by atoms with E-state index in [0.29, 0.717) is 0 Å². The first-order valence-electron chi connectivity index (χ1n) is 41.2. The van der Waals surface area contributed by atoms with E-state index in [1.54, 1.807) is 0 Å². The molecule has 51 atom stereocenters. The first kappa shape index (κ1) is 107. The molecular formula is C72H121N5O52. The lowest BCUT2D eigenvalue weighted by atomic mass is 9.93. The maximum Gasteiger partial charge on any atom is 0.217 e. The Morgan fingerprint density at radius 2 is 0.566 bits per heavy atom. The topological polar surface area (TPSA) is 876 Å². The molecule has 0 radical (unpaired) electrons. The van der Waals surface area contributed by atoms with Crippen LogP contribution >= 0.6 is 0 Å². The Morgan fingerprint density at radius 3 is 1.00 bits per heavy atom. The number of rotatable bonds is 37. The first-order valence-corrected chi connectivity index (χ1v) is 41.2. The molecule has 10 aliphatic rings. The van der Waals surface area contributed by atoms with Crippen molar-refractivity contribution in [2.45, 2.75) is 347 Å². The van der Waals surface area contributed by atoms with Gasteiger partial charge in [0.05, 0.1) is 84.8 Å². The fourth-order valence-corrected chi connectivity index (χ4v) is 16.5. The van der Waals surface area contributed by atoms with Gasteiger partial charge < -0.3 is 259 Å². The summed E-state index contributed by atoms with van der Waals surface area (Å²) in [6.45, 7) is -6.69. The van der Waals surface area contributed by atoms with Crippen LogP contribution in [-0.2, 0) is 119 Å². The van der Waals surface area contributed by atoms with E-state index in [1.807, 2.05) is 0 Å². The van der Waals surface area contributed by atoms with Crippen LogP contribution in [0.3, 0.4) is 0 Å². The number of ether oxygens (including phenoxy) is 20. The zero-order chi connectivity index (χ0) is 94.9. The molecule has 0 unspecified atom stereocenters.